The van der Waals surface area contributed by atoms with Gasteiger partial charge in [-0.15, -0.1) is 0 Å². The Morgan fingerprint density at radius 2 is 1.91 bits per heavy atom. The summed E-state index contributed by atoms with van der Waals surface area (Å²) < 4.78 is 14.1. The topological polar surface area (TPSA) is 91.5 Å². The van der Waals surface area contributed by atoms with E-state index in [1.165, 1.54) is 21.8 Å². The summed E-state index contributed by atoms with van der Waals surface area (Å²) in [5, 5.41) is 4.45. The van der Waals surface area contributed by atoms with Crippen molar-refractivity contribution in [2.45, 2.75) is 6.54 Å². The van der Waals surface area contributed by atoms with Gasteiger partial charge in [-0.25, -0.2) is 4.98 Å². The highest BCUT2D eigenvalue weighted by molar-refractivity contribution is 5.94. The molecule has 0 unspecified atom stereocenters. The first-order chi connectivity index (χ1) is 16.6. The molecule has 3 heterocycles. The average Bonchev–Trinajstić information content (AvgIpc) is 3.25. The number of benzene rings is 2. The fourth-order valence-corrected chi connectivity index (χ4v) is 3.82. The minimum atomic E-state index is -0.312. The Bertz CT molecular complexity index is 1420. The maximum absolute atomic E-state index is 13.4. The summed E-state index contributed by atoms with van der Waals surface area (Å²) in [6, 6.07) is 15.2. The van der Waals surface area contributed by atoms with Crippen LogP contribution in [0.4, 0.5) is 5.69 Å². The molecule has 9 heteroatoms. The van der Waals surface area contributed by atoms with E-state index in [1.54, 1.807) is 24.1 Å². The van der Waals surface area contributed by atoms with Crippen molar-refractivity contribution >= 4 is 28.7 Å². The smallest absolute Gasteiger partial charge is 0.264 e. The number of anilines is 1. The molecule has 2 aromatic heterocycles. The molecule has 0 saturated heterocycles. The second-order valence-corrected chi connectivity index (χ2v) is 7.83. The third-order valence-corrected chi connectivity index (χ3v) is 5.56. The lowest BCUT2D eigenvalue weighted by Gasteiger charge is -2.25. The lowest BCUT2D eigenvalue weighted by atomic mass is 10.2. The number of carbonyl (C=O) groups is 1. The molecule has 172 valence electrons. The van der Waals surface area contributed by atoms with Crippen molar-refractivity contribution in [1.82, 2.24) is 19.3 Å². The standard InChI is InChI=1S/C25H23N5O4/c1-28-24-20(15-27-28)25(32)29(17-26-24)16-23(31)30(11-5-8-18-6-3-2-4-7-18)19-9-10-21-22(14-19)34-13-12-33-21/h2-10,14-15,17H,11-13,16H2,1H3/b8-5-. The molecular weight excluding hydrogens is 434 g/mol. The van der Waals surface area contributed by atoms with Crippen LogP contribution in [-0.2, 0) is 18.4 Å². The first-order valence-electron chi connectivity index (χ1n) is 10.9. The molecule has 4 aromatic rings. The SMILES string of the molecule is Cn1ncc2c(=O)n(CC(=O)N(C/C=C\c3ccccc3)c3ccc4c(c3)OCCO4)cnc21. The number of carbonyl (C=O) groups excluding carboxylic acids is 1. The van der Waals surface area contributed by atoms with Crippen LogP contribution in [0.1, 0.15) is 5.56 Å². The van der Waals surface area contributed by atoms with Crippen LogP contribution < -0.4 is 19.9 Å². The Balaban J connectivity index is 1.44. The summed E-state index contributed by atoms with van der Waals surface area (Å²) in [4.78, 5) is 32.2. The maximum Gasteiger partial charge on any atom is 0.264 e. The molecule has 2 aromatic carbocycles. The van der Waals surface area contributed by atoms with Gasteiger partial charge in [0.15, 0.2) is 17.1 Å². The van der Waals surface area contributed by atoms with Crippen molar-refractivity contribution in [1.29, 1.82) is 0 Å². The van der Waals surface area contributed by atoms with E-state index in [2.05, 4.69) is 10.1 Å². The molecule has 5 rings (SSSR count). The second-order valence-electron chi connectivity index (χ2n) is 7.83. The molecule has 34 heavy (non-hydrogen) atoms. The molecular formula is C25H23N5O4. The van der Waals surface area contributed by atoms with Gasteiger partial charge in [0.2, 0.25) is 5.91 Å². The first-order valence-corrected chi connectivity index (χ1v) is 10.9. The van der Waals surface area contributed by atoms with E-state index < -0.39 is 0 Å². The van der Waals surface area contributed by atoms with Crippen LogP contribution in [0.25, 0.3) is 17.1 Å². The maximum atomic E-state index is 13.4. The Morgan fingerprint density at radius 3 is 2.74 bits per heavy atom. The van der Waals surface area contributed by atoms with E-state index >= 15 is 0 Å². The van der Waals surface area contributed by atoms with Crippen molar-refractivity contribution in [3.63, 3.8) is 0 Å². The third-order valence-electron chi connectivity index (χ3n) is 5.56. The fraction of sp³-hybridized carbons (Fsp3) is 0.200. The van der Waals surface area contributed by atoms with Gasteiger partial charge in [0.25, 0.3) is 5.56 Å². The Morgan fingerprint density at radius 1 is 1.12 bits per heavy atom. The third kappa shape index (κ3) is 4.27. The van der Waals surface area contributed by atoms with Crippen LogP contribution in [0.3, 0.4) is 0 Å². The van der Waals surface area contributed by atoms with Crippen molar-refractivity contribution in [3.05, 3.63) is 83.0 Å². The highest BCUT2D eigenvalue weighted by atomic mass is 16.6. The Hall–Kier alpha value is -4.40. The van der Waals surface area contributed by atoms with Crippen LogP contribution in [-0.4, -0.2) is 45.0 Å². The van der Waals surface area contributed by atoms with Gasteiger partial charge in [-0.2, -0.15) is 5.10 Å². The fourth-order valence-electron chi connectivity index (χ4n) is 3.82. The number of nitrogens with zero attached hydrogens (tertiary/aromatic N) is 5. The van der Waals surface area contributed by atoms with Crippen LogP contribution in [0, 0.1) is 0 Å². The Kier molecular flexibility index (Phi) is 5.82. The summed E-state index contributed by atoms with van der Waals surface area (Å²) >= 11 is 0. The molecule has 1 aliphatic rings. The summed E-state index contributed by atoms with van der Waals surface area (Å²) in [6.45, 7) is 1.08. The van der Waals surface area contributed by atoms with E-state index in [1.807, 2.05) is 48.6 Å². The normalized spacial score (nSPS) is 12.9. The number of ether oxygens (including phenoxy) is 2. The average molecular weight is 457 g/mol. The molecule has 0 radical (unpaired) electrons. The lowest BCUT2D eigenvalue weighted by Crippen LogP contribution is -2.37. The van der Waals surface area contributed by atoms with Crippen LogP contribution in [0.2, 0.25) is 0 Å². The minimum Gasteiger partial charge on any atom is -0.486 e. The summed E-state index contributed by atoms with van der Waals surface area (Å²) in [5.41, 5.74) is 1.84. The number of hydrogen-bond acceptors (Lipinski definition) is 6. The molecule has 0 atom stereocenters. The zero-order chi connectivity index (χ0) is 23.5. The molecule has 1 aliphatic heterocycles. The van der Waals surface area contributed by atoms with Crippen LogP contribution >= 0.6 is 0 Å². The minimum absolute atomic E-state index is 0.162. The largest absolute Gasteiger partial charge is 0.486 e. The quantitative estimate of drug-likeness (QED) is 0.442. The monoisotopic (exact) mass is 457 g/mol. The number of amides is 1. The number of aryl methyl sites for hydroxylation is 1. The number of hydrogen-bond donors (Lipinski definition) is 0. The number of rotatable bonds is 6. The predicted molar refractivity (Wildman–Crippen MR) is 128 cm³/mol. The zero-order valence-electron chi connectivity index (χ0n) is 18.6. The molecule has 0 saturated carbocycles. The van der Waals surface area contributed by atoms with Gasteiger partial charge in [-0.1, -0.05) is 42.5 Å². The van der Waals surface area contributed by atoms with Gasteiger partial charge in [-0.05, 0) is 17.7 Å². The van der Waals surface area contributed by atoms with Crippen LogP contribution in [0.15, 0.2) is 71.9 Å². The molecule has 0 N–H and O–H groups in total. The highest BCUT2D eigenvalue weighted by Gasteiger charge is 2.20. The van der Waals surface area contributed by atoms with E-state index in [-0.39, 0.29) is 18.0 Å². The van der Waals surface area contributed by atoms with Crippen molar-refractivity contribution in [2.24, 2.45) is 7.05 Å². The van der Waals surface area contributed by atoms with Gasteiger partial charge in [-0.3, -0.25) is 18.8 Å². The first kappa shape index (κ1) is 21.4. The zero-order valence-corrected chi connectivity index (χ0v) is 18.6. The van der Waals surface area contributed by atoms with Crippen molar-refractivity contribution in [3.8, 4) is 11.5 Å². The van der Waals surface area contributed by atoms with E-state index in [0.717, 1.165) is 5.56 Å². The molecule has 0 bridgehead atoms. The van der Waals surface area contributed by atoms with Crippen molar-refractivity contribution in [2.75, 3.05) is 24.7 Å². The molecule has 0 spiro atoms. The molecule has 0 aliphatic carbocycles. The van der Waals surface area contributed by atoms with E-state index in [4.69, 9.17) is 9.47 Å². The number of aromatic nitrogens is 4. The summed E-state index contributed by atoms with van der Waals surface area (Å²) in [5.74, 6) is 0.968. The highest BCUT2D eigenvalue weighted by Crippen LogP contribution is 2.34. The predicted octanol–water partition coefficient (Wildman–Crippen LogP) is 2.65. The lowest BCUT2D eigenvalue weighted by molar-refractivity contribution is -0.119. The van der Waals surface area contributed by atoms with Gasteiger partial charge < -0.3 is 14.4 Å². The van der Waals surface area contributed by atoms with Gasteiger partial charge in [0, 0.05) is 25.3 Å². The molecule has 0 fully saturated rings. The summed E-state index contributed by atoms with van der Waals surface area (Å²) in [7, 11) is 1.72. The van der Waals surface area contributed by atoms with Gasteiger partial charge >= 0.3 is 0 Å². The van der Waals surface area contributed by atoms with Crippen LogP contribution in [0.5, 0.6) is 11.5 Å². The second kappa shape index (κ2) is 9.22. The Labute approximate surface area is 195 Å². The van der Waals surface area contributed by atoms with E-state index in [9.17, 15) is 9.59 Å². The van der Waals surface area contributed by atoms with Gasteiger partial charge in [0.05, 0.1) is 6.20 Å². The molecule has 1 amide bonds. The van der Waals surface area contributed by atoms with Crippen molar-refractivity contribution < 1.29 is 14.3 Å². The molecule has 9 nitrogen and oxygen atoms in total. The summed E-state index contributed by atoms with van der Waals surface area (Å²) in [6.07, 6.45) is 6.71. The van der Waals surface area contributed by atoms with E-state index in [0.29, 0.717) is 48.0 Å². The van der Waals surface area contributed by atoms with Gasteiger partial charge in [0.1, 0.15) is 31.5 Å². The number of fused-ring (bicyclic) bond motifs is 2.